The molecule has 0 aromatic heterocycles. The van der Waals surface area contributed by atoms with Crippen molar-refractivity contribution in [3.05, 3.63) is 35.4 Å². The minimum Gasteiger partial charge on any atom is -0.357 e. The van der Waals surface area contributed by atoms with E-state index < -0.39 is 0 Å². The molecule has 4 nitrogen and oxygen atoms in total. The molecule has 2 N–H and O–H groups in total. The summed E-state index contributed by atoms with van der Waals surface area (Å²) in [5, 5.41) is 6.98. The van der Waals surface area contributed by atoms with Gasteiger partial charge in [-0.05, 0) is 43.7 Å². The number of rotatable bonds is 6. The molecule has 1 saturated carbocycles. The molecule has 132 valence electrons. The molecule has 0 bridgehead atoms. The highest BCUT2D eigenvalue weighted by molar-refractivity contribution is 5.80. The Hall–Kier alpha value is -1.55. The predicted molar refractivity (Wildman–Crippen MR) is 101 cm³/mol. The van der Waals surface area contributed by atoms with Crippen LogP contribution < -0.4 is 10.6 Å². The third-order valence-corrected chi connectivity index (χ3v) is 5.15. The number of aliphatic imine (C=N–C) groups is 1. The maximum Gasteiger partial charge on any atom is 0.191 e. The normalized spacial score (nSPS) is 19.3. The molecule has 2 aliphatic rings. The lowest BCUT2D eigenvalue weighted by Gasteiger charge is -2.28. The average molecular weight is 329 g/mol. The molecule has 0 radical (unpaired) electrons. The van der Waals surface area contributed by atoms with Gasteiger partial charge >= 0.3 is 0 Å². The van der Waals surface area contributed by atoms with Crippen LogP contribution in [-0.2, 0) is 13.0 Å². The van der Waals surface area contributed by atoms with Crippen LogP contribution in [0.4, 0.5) is 0 Å². The third kappa shape index (κ3) is 4.97. The number of nitrogens with zero attached hydrogens (tertiary/aromatic N) is 2. The molecule has 0 amide bonds. The summed E-state index contributed by atoms with van der Waals surface area (Å²) >= 11 is 0. The Bertz CT molecular complexity index is 534. The van der Waals surface area contributed by atoms with E-state index in [9.17, 15) is 0 Å². The van der Waals surface area contributed by atoms with E-state index in [0.717, 1.165) is 38.6 Å². The Morgan fingerprint density at radius 2 is 2.00 bits per heavy atom. The van der Waals surface area contributed by atoms with Gasteiger partial charge in [-0.1, -0.05) is 37.1 Å². The van der Waals surface area contributed by atoms with Crippen molar-refractivity contribution in [2.24, 2.45) is 4.99 Å². The molecular weight excluding hydrogens is 296 g/mol. The molecule has 1 fully saturated rings. The number of guanidine groups is 1. The van der Waals surface area contributed by atoms with Crippen molar-refractivity contribution in [2.75, 3.05) is 26.2 Å². The lowest BCUT2D eigenvalue weighted by Crippen LogP contribution is -2.42. The molecule has 1 aromatic carbocycles. The topological polar surface area (TPSA) is 39.7 Å². The fourth-order valence-corrected chi connectivity index (χ4v) is 3.81. The summed E-state index contributed by atoms with van der Waals surface area (Å²) in [5.74, 6) is 1.01. The molecule has 1 aromatic rings. The highest BCUT2D eigenvalue weighted by Gasteiger charge is 2.16. The third-order valence-electron chi connectivity index (χ3n) is 5.15. The quantitative estimate of drug-likeness (QED) is 0.479. The van der Waals surface area contributed by atoms with Gasteiger partial charge in [0.2, 0.25) is 0 Å². The fourth-order valence-electron chi connectivity index (χ4n) is 3.81. The van der Waals surface area contributed by atoms with Crippen LogP contribution >= 0.6 is 0 Å². The van der Waals surface area contributed by atoms with E-state index in [1.54, 1.807) is 0 Å². The van der Waals surface area contributed by atoms with Gasteiger partial charge in [-0.3, -0.25) is 9.89 Å². The lowest BCUT2D eigenvalue weighted by atomic mass is 10.00. The van der Waals surface area contributed by atoms with Crippen molar-refractivity contribution >= 4 is 5.96 Å². The Balaban J connectivity index is 1.41. The molecular formula is C20H32N4. The summed E-state index contributed by atoms with van der Waals surface area (Å²) in [6.45, 7) is 7.39. The van der Waals surface area contributed by atoms with Gasteiger partial charge in [-0.15, -0.1) is 0 Å². The van der Waals surface area contributed by atoms with E-state index in [2.05, 4.69) is 46.7 Å². The van der Waals surface area contributed by atoms with E-state index in [1.165, 1.54) is 49.8 Å². The van der Waals surface area contributed by atoms with E-state index in [4.69, 9.17) is 4.99 Å². The van der Waals surface area contributed by atoms with Gasteiger partial charge in [0, 0.05) is 38.8 Å². The molecule has 0 spiro atoms. The summed E-state index contributed by atoms with van der Waals surface area (Å²) in [6, 6.07) is 9.48. The van der Waals surface area contributed by atoms with Gasteiger partial charge in [0.05, 0.1) is 0 Å². The van der Waals surface area contributed by atoms with Crippen molar-refractivity contribution in [3.63, 3.8) is 0 Å². The second kappa shape index (κ2) is 9.07. The van der Waals surface area contributed by atoms with Crippen LogP contribution in [0.3, 0.4) is 0 Å². The number of nitrogens with one attached hydrogen (secondary N) is 2. The number of hydrogen-bond donors (Lipinski definition) is 2. The lowest BCUT2D eigenvalue weighted by molar-refractivity contribution is 0.252. The first kappa shape index (κ1) is 17.3. The monoisotopic (exact) mass is 328 g/mol. The highest BCUT2D eigenvalue weighted by Crippen LogP contribution is 2.19. The zero-order valence-corrected chi connectivity index (χ0v) is 15.1. The Morgan fingerprint density at radius 3 is 2.79 bits per heavy atom. The molecule has 0 saturated heterocycles. The average Bonchev–Trinajstić information content (AvgIpc) is 3.12. The van der Waals surface area contributed by atoms with Gasteiger partial charge in [0.1, 0.15) is 0 Å². The minimum absolute atomic E-state index is 0.626. The largest absolute Gasteiger partial charge is 0.357 e. The molecule has 1 heterocycles. The van der Waals surface area contributed by atoms with Crippen LogP contribution in [0, 0.1) is 0 Å². The zero-order chi connectivity index (χ0) is 16.6. The summed E-state index contributed by atoms with van der Waals surface area (Å²) < 4.78 is 0. The predicted octanol–water partition coefficient (Wildman–Crippen LogP) is 2.93. The zero-order valence-electron chi connectivity index (χ0n) is 15.1. The highest BCUT2D eigenvalue weighted by atomic mass is 15.2. The molecule has 1 aliphatic heterocycles. The van der Waals surface area contributed by atoms with Crippen LogP contribution in [0.1, 0.15) is 50.2 Å². The van der Waals surface area contributed by atoms with Gasteiger partial charge < -0.3 is 10.6 Å². The first-order valence-corrected chi connectivity index (χ1v) is 9.69. The smallest absolute Gasteiger partial charge is 0.191 e. The Kier molecular flexibility index (Phi) is 6.53. The molecule has 0 unspecified atom stereocenters. The standard InChI is InChI=1S/C20H32N4/c1-2-21-20(23-19-10-5-6-11-19)22-13-7-14-24-15-12-17-8-3-4-9-18(17)16-24/h3-4,8-9,19H,2,5-7,10-16H2,1H3,(H2,21,22,23). The maximum atomic E-state index is 4.77. The van der Waals surface area contributed by atoms with Crippen molar-refractivity contribution in [1.82, 2.24) is 15.5 Å². The van der Waals surface area contributed by atoms with E-state index >= 15 is 0 Å². The molecule has 0 atom stereocenters. The number of benzene rings is 1. The maximum absolute atomic E-state index is 4.77. The van der Waals surface area contributed by atoms with Crippen molar-refractivity contribution in [3.8, 4) is 0 Å². The van der Waals surface area contributed by atoms with E-state index in [-0.39, 0.29) is 0 Å². The first-order valence-electron chi connectivity index (χ1n) is 9.69. The Morgan fingerprint density at radius 1 is 1.21 bits per heavy atom. The summed E-state index contributed by atoms with van der Waals surface area (Å²) in [6.07, 6.45) is 7.60. The van der Waals surface area contributed by atoms with Crippen LogP contribution in [0.5, 0.6) is 0 Å². The molecule has 24 heavy (non-hydrogen) atoms. The summed E-state index contributed by atoms with van der Waals surface area (Å²) in [5.41, 5.74) is 3.03. The minimum atomic E-state index is 0.626. The summed E-state index contributed by atoms with van der Waals surface area (Å²) in [4.78, 5) is 7.34. The van der Waals surface area contributed by atoms with E-state index in [1.807, 2.05) is 0 Å². The first-order chi connectivity index (χ1) is 11.8. The number of hydrogen-bond acceptors (Lipinski definition) is 2. The second-order valence-electron chi connectivity index (χ2n) is 7.03. The van der Waals surface area contributed by atoms with Crippen molar-refractivity contribution < 1.29 is 0 Å². The van der Waals surface area contributed by atoms with E-state index in [0.29, 0.717) is 6.04 Å². The SMILES string of the molecule is CCNC(=NCCCN1CCc2ccccc2C1)NC1CCCC1. The Labute approximate surface area is 146 Å². The molecule has 1 aliphatic carbocycles. The van der Waals surface area contributed by atoms with Crippen molar-refractivity contribution in [2.45, 2.75) is 58.0 Å². The van der Waals surface area contributed by atoms with Gasteiger partial charge in [0.25, 0.3) is 0 Å². The van der Waals surface area contributed by atoms with Crippen LogP contribution in [0.25, 0.3) is 0 Å². The van der Waals surface area contributed by atoms with Crippen LogP contribution in [-0.4, -0.2) is 43.1 Å². The van der Waals surface area contributed by atoms with Crippen molar-refractivity contribution in [1.29, 1.82) is 0 Å². The van der Waals surface area contributed by atoms with Crippen LogP contribution in [0.15, 0.2) is 29.3 Å². The van der Waals surface area contributed by atoms with Gasteiger partial charge in [-0.2, -0.15) is 0 Å². The number of fused-ring (bicyclic) bond motifs is 1. The molecule has 4 heteroatoms. The van der Waals surface area contributed by atoms with Gasteiger partial charge in [-0.25, -0.2) is 0 Å². The fraction of sp³-hybridized carbons (Fsp3) is 0.650. The van der Waals surface area contributed by atoms with Gasteiger partial charge in [0.15, 0.2) is 5.96 Å². The molecule has 3 rings (SSSR count). The van der Waals surface area contributed by atoms with Crippen LogP contribution in [0.2, 0.25) is 0 Å². The summed E-state index contributed by atoms with van der Waals surface area (Å²) in [7, 11) is 0. The second-order valence-corrected chi connectivity index (χ2v) is 7.03.